The Kier molecular flexibility index (Phi) is 6.33. The van der Waals surface area contributed by atoms with Gasteiger partial charge in [0, 0.05) is 42.8 Å². The van der Waals surface area contributed by atoms with E-state index in [0.29, 0.717) is 6.42 Å². The van der Waals surface area contributed by atoms with Crippen molar-refractivity contribution in [1.82, 2.24) is 4.90 Å². The monoisotopic (exact) mass is 498 g/mol. The Hall–Kier alpha value is -2.52. The molecule has 0 radical (unpaired) electrons. The van der Waals surface area contributed by atoms with Crippen LogP contribution in [0, 0.1) is 13.8 Å². The number of nitrogens with zero attached hydrogens (tertiary/aromatic N) is 3. The zero-order chi connectivity index (χ0) is 23.9. The first-order valence-electron chi connectivity index (χ1n) is 11.7. The van der Waals surface area contributed by atoms with Crippen LogP contribution in [0.25, 0.3) is 0 Å². The van der Waals surface area contributed by atoms with Gasteiger partial charge in [-0.3, -0.25) is 9.79 Å². The fourth-order valence-electron chi connectivity index (χ4n) is 4.81. The van der Waals surface area contributed by atoms with E-state index in [2.05, 4.69) is 47.3 Å². The molecule has 2 fully saturated rings. The lowest BCUT2D eigenvalue weighted by Gasteiger charge is -2.37. The number of sulfone groups is 1. The average molecular weight is 499 g/mol. The number of piperazine rings is 1. The zero-order valence-electron chi connectivity index (χ0n) is 19.5. The smallest absolute Gasteiger partial charge is 0.227 e. The second-order valence-electron chi connectivity index (χ2n) is 9.32. The molecule has 2 atom stereocenters. The van der Waals surface area contributed by atoms with E-state index in [4.69, 9.17) is 0 Å². The van der Waals surface area contributed by atoms with Crippen LogP contribution in [0.1, 0.15) is 16.7 Å². The average Bonchev–Trinajstić information content (AvgIpc) is 3.29. The molecular formula is C25H30N4O3S2. The van der Waals surface area contributed by atoms with E-state index >= 15 is 0 Å². The Morgan fingerprint density at radius 2 is 1.79 bits per heavy atom. The maximum atomic E-state index is 12.9. The van der Waals surface area contributed by atoms with Gasteiger partial charge in [-0.2, -0.15) is 0 Å². The van der Waals surface area contributed by atoms with Crippen molar-refractivity contribution in [1.29, 1.82) is 0 Å². The zero-order valence-corrected chi connectivity index (χ0v) is 21.2. The molecule has 0 spiro atoms. The Balaban J connectivity index is 1.12. The van der Waals surface area contributed by atoms with E-state index in [1.54, 1.807) is 0 Å². The van der Waals surface area contributed by atoms with Crippen molar-refractivity contribution in [3.63, 3.8) is 0 Å². The van der Waals surface area contributed by atoms with Gasteiger partial charge >= 0.3 is 0 Å². The quantitative estimate of drug-likeness (QED) is 0.698. The normalized spacial score (nSPS) is 23.5. The molecule has 1 amide bonds. The summed E-state index contributed by atoms with van der Waals surface area (Å²) in [6.07, 6.45) is 0.390. The fraction of sp³-hybridized carbons (Fsp3) is 0.440. The Labute approximate surface area is 205 Å². The Morgan fingerprint density at radius 3 is 2.50 bits per heavy atom. The largest absolute Gasteiger partial charge is 0.368 e. The van der Waals surface area contributed by atoms with E-state index in [-0.39, 0.29) is 28.7 Å². The molecule has 5 rings (SSSR count). The van der Waals surface area contributed by atoms with Crippen molar-refractivity contribution in [2.24, 2.45) is 4.99 Å². The third-order valence-electron chi connectivity index (χ3n) is 6.93. The second-order valence-corrected chi connectivity index (χ2v) is 12.7. The molecule has 34 heavy (non-hydrogen) atoms. The number of nitrogens with one attached hydrogen (secondary N) is 1. The number of aryl methyl sites for hydroxylation is 1. The van der Waals surface area contributed by atoms with Crippen molar-refractivity contribution >= 4 is 44.0 Å². The lowest BCUT2D eigenvalue weighted by Crippen LogP contribution is -2.49. The molecule has 0 aromatic heterocycles. The number of aliphatic imine (C=N–C) groups is 1. The highest BCUT2D eigenvalue weighted by atomic mass is 32.2. The summed E-state index contributed by atoms with van der Waals surface area (Å²) in [5.41, 5.74) is 5.75. The number of amidine groups is 1. The number of thioether (sulfide) groups is 1. The molecule has 0 bridgehead atoms. The number of carbonyl (C=O) groups excluding carboxylic acids is 1. The minimum absolute atomic E-state index is 0.0275. The first-order valence-corrected chi connectivity index (χ1v) is 14.4. The molecular weight excluding hydrogens is 468 g/mol. The molecule has 3 aliphatic heterocycles. The number of benzene rings is 2. The molecule has 9 heteroatoms. The summed E-state index contributed by atoms with van der Waals surface area (Å²) in [4.78, 5) is 21.8. The summed E-state index contributed by atoms with van der Waals surface area (Å²) in [6.45, 7) is 7.47. The molecule has 180 valence electrons. The van der Waals surface area contributed by atoms with Crippen molar-refractivity contribution in [3.8, 4) is 0 Å². The molecule has 0 saturated carbocycles. The summed E-state index contributed by atoms with van der Waals surface area (Å²) in [5.74, 6) is 0.512. The Morgan fingerprint density at radius 1 is 1.06 bits per heavy atom. The lowest BCUT2D eigenvalue weighted by atomic mass is 10.1. The van der Waals surface area contributed by atoms with Gasteiger partial charge in [-0.15, -0.1) is 0 Å². The number of carbonyl (C=O) groups is 1. The maximum absolute atomic E-state index is 12.9. The van der Waals surface area contributed by atoms with Gasteiger partial charge in [-0.25, -0.2) is 8.42 Å². The third kappa shape index (κ3) is 4.95. The molecule has 3 heterocycles. The van der Waals surface area contributed by atoms with Gasteiger partial charge in [0.2, 0.25) is 5.91 Å². The van der Waals surface area contributed by atoms with Crippen LogP contribution < -0.4 is 10.2 Å². The molecule has 0 aliphatic carbocycles. The summed E-state index contributed by atoms with van der Waals surface area (Å²) >= 11 is 1.51. The van der Waals surface area contributed by atoms with Crippen LogP contribution in [-0.4, -0.2) is 73.4 Å². The lowest BCUT2D eigenvalue weighted by molar-refractivity contribution is -0.130. The molecule has 7 nitrogen and oxygen atoms in total. The van der Waals surface area contributed by atoms with Crippen LogP contribution in [-0.2, 0) is 21.1 Å². The van der Waals surface area contributed by atoms with Crippen LogP contribution in [0.5, 0.6) is 0 Å². The fourth-order valence-corrected chi connectivity index (χ4v) is 8.48. The van der Waals surface area contributed by atoms with Crippen LogP contribution in [0.15, 0.2) is 47.5 Å². The van der Waals surface area contributed by atoms with E-state index in [9.17, 15) is 13.2 Å². The predicted octanol–water partition coefficient (Wildman–Crippen LogP) is 2.88. The predicted molar refractivity (Wildman–Crippen MR) is 140 cm³/mol. The minimum atomic E-state index is -2.94. The van der Waals surface area contributed by atoms with E-state index in [0.717, 1.165) is 42.6 Å². The molecule has 2 aromatic carbocycles. The summed E-state index contributed by atoms with van der Waals surface area (Å²) in [7, 11) is -2.94. The van der Waals surface area contributed by atoms with Crippen molar-refractivity contribution < 1.29 is 13.2 Å². The van der Waals surface area contributed by atoms with Crippen molar-refractivity contribution in [2.75, 3.05) is 47.9 Å². The van der Waals surface area contributed by atoms with Crippen LogP contribution in [0.4, 0.5) is 11.4 Å². The van der Waals surface area contributed by atoms with Gasteiger partial charge in [0.15, 0.2) is 15.0 Å². The highest BCUT2D eigenvalue weighted by Crippen LogP contribution is 2.34. The van der Waals surface area contributed by atoms with Crippen LogP contribution in [0.2, 0.25) is 0 Å². The highest BCUT2D eigenvalue weighted by molar-refractivity contribution is 8.15. The van der Waals surface area contributed by atoms with Crippen molar-refractivity contribution in [3.05, 3.63) is 59.2 Å². The van der Waals surface area contributed by atoms with Gasteiger partial charge in [0.25, 0.3) is 0 Å². The number of hydrogen-bond acceptors (Lipinski definition) is 7. The van der Waals surface area contributed by atoms with Crippen LogP contribution >= 0.6 is 11.8 Å². The number of rotatable bonds is 4. The summed E-state index contributed by atoms with van der Waals surface area (Å²) in [6, 6.07) is 14.1. The number of hydrogen-bond donors (Lipinski definition) is 1. The van der Waals surface area contributed by atoms with Crippen molar-refractivity contribution in [2.45, 2.75) is 31.6 Å². The third-order valence-corrected chi connectivity index (χ3v) is 10.1. The summed E-state index contributed by atoms with van der Waals surface area (Å²) in [5, 5.41) is 4.09. The molecule has 2 unspecified atom stereocenters. The topological polar surface area (TPSA) is 82.1 Å². The first-order chi connectivity index (χ1) is 16.3. The highest BCUT2D eigenvalue weighted by Gasteiger charge is 2.42. The minimum Gasteiger partial charge on any atom is -0.368 e. The van der Waals surface area contributed by atoms with Gasteiger partial charge in [0.1, 0.15) is 0 Å². The van der Waals surface area contributed by atoms with Gasteiger partial charge in [-0.05, 0) is 48.7 Å². The first kappa shape index (κ1) is 23.2. The van der Waals surface area contributed by atoms with Crippen LogP contribution in [0.3, 0.4) is 0 Å². The van der Waals surface area contributed by atoms with Gasteiger partial charge in [-0.1, -0.05) is 36.0 Å². The van der Waals surface area contributed by atoms with E-state index < -0.39 is 9.84 Å². The molecule has 1 N–H and O–H groups in total. The Bertz CT molecular complexity index is 1220. The van der Waals surface area contributed by atoms with Gasteiger partial charge in [0.05, 0.1) is 24.0 Å². The summed E-state index contributed by atoms with van der Waals surface area (Å²) < 4.78 is 23.4. The molecule has 2 aromatic rings. The standard InChI is InChI=1S/C25H30N4O3S2/c1-17-4-3-5-22(18(17)2)28-10-12-29(13-11-28)24(30)14-19-6-8-20(9-7-19)26-25-27-21-15-34(31,32)16-23(21)33-25/h3-9,21,23H,10-16H2,1-2H3,(H,26,27). The second kappa shape index (κ2) is 9.26. The number of amides is 1. The maximum Gasteiger partial charge on any atom is 0.227 e. The number of anilines is 2. The van der Waals surface area contributed by atoms with Gasteiger partial charge < -0.3 is 15.1 Å². The van der Waals surface area contributed by atoms with E-state index in [1.165, 1.54) is 28.6 Å². The van der Waals surface area contributed by atoms with E-state index in [1.807, 2.05) is 29.2 Å². The number of fused-ring (bicyclic) bond motifs is 1. The molecule has 3 aliphatic rings. The molecule has 2 saturated heterocycles. The SMILES string of the molecule is Cc1cccc(N2CCN(C(=O)Cc3ccc(NC4=NC5CS(=O)(=O)CC5S4)cc3)CC2)c1C.